The molecule has 5 heteroatoms. The van der Waals surface area contributed by atoms with Crippen molar-refractivity contribution in [2.75, 3.05) is 11.4 Å². The molecule has 0 N–H and O–H groups in total. The number of carbonyl (C=O) groups excluding carboxylic acids is 1. The van der Waals surface area contributed by atoms with E-state index in [1.807, 2.05) is 18.2 Å². The maximum atomic E-state index is 14.2. The van der Waals surface area contributed by atoms with Crippen LogP contribution in [0.2, 0.25) is 0 Å². The first kappa shape index (κ1) is 17.6. The van der Waals surface area contributed by atoms with E-state index in [1.165, 1.54) is 31.5 Å². The molecule has 1 aromatic carbocycles. The Kier molecular flexibility index (Phi) is 5.10. The van der Waals surface area contributed by atoms with Crippen molar-refractivity contribution < 1.29 is 9.18 Å². The highest BCUT2D eigenvalue weighted by molar-refractivity contribution is 6.13. The van der Waals surface area contributed by atoms with E-state index in [0.29, 0.717) is 34.6 Å². The van der Waals surface area contributed by atoms with E-state index < -0.39 is 0 Å². The van der Waals surface area contributed by atoms with Gasteiger partial charge in [0.2, 0.25) is 0 Å². The average Bonchev–Trinajstić information content (AvgIpc) is 2.73. The van der Waals surface area contributed by atoms with Crippen molar-refractivity contribution in [1.29, 1.82) is 0 Å². The molecule has 1 aliphatic carbocycles. The number of halogens is 1. The van der Waals surface area contributed by atoms with E-state index in [2.05, 4.69) is 9.97 Å². The van der Waals surface area contributed by atoms with Gasteiger partial charge in [-0.3, -0.25) is 14.7 Å². The van der Waals surface area contributed by atoms with Crippen LogP contribution >= 0.6 is 0 Å². The van der Waals surface area contributed by atoms with E-state index >= 15 is 0 Å². The predicted molar refractivity (Wildman–Crippen MR) is 104 cm³/mol. The van der Waals surface area contributed by atoms with Gasteiger partial charge >= 0.3 is 0 Å². The molecule has 2 heterocycles. The minimum absolute atomic E-state index is 0.155. The van der Waals surface area contributed by atoms with Gasteiger partial charge in [-0.05, 0) is 49.1 Å². The van der Waals surface area contributed by atoms with E-state index in [4.69, 9.17) is 0 Å². The first-order valence-electron chi connectivity index (χ1n) is 9.49. The minimum Gasteiger partial charge on any atom is -0.292 e. The Bertz CT molecular complexity index is 939. The van der Waals surface area contributed by atoms with Gasteiger partial charge in [0.1, 0.15) is 11.6 Å². The van der Waals surface area contributed by atoms with Crippen LogP contribution in [0.1, 0.15) is 42.5 Å². The Morgan fingerprint density at radius 2 is 1.89 bits per heavy atom. The molecule has 138 valence electrons. The molecule has 27 heavy (non-hydrogen) atoms. The summed E-state index contributed by atoms with van der Waals surface area (Å²) in [5, 5.41) is 0.946. The Labute approximate surface area is 158 Å². The van der Waals surface area contributed by atoms with Crippen molar-refractivity contribution in [1.82, 2.24) is 9.97 Å². The third-order valence-electron chi connectivity index (χ3n) is 5.33. The maximum Gasteiger partial charge on any atom is 0.260 e. The maximum absolute atomic E-state index is 14.2. The summed E-state index contributed by atoms with van der Waals surface area (Å²) >= 11 is 0. The van der Waals surface area contributed by atoms with Gasteiger partial charge in [-0.1, -0.05) is 25.3 Å². The van der Waals surface area contributed by atoms with Crippen LogP contribution in [0.3, 0.4) is 0 Å². The molecule has 1 aliphatic rings. The highest BCUT2D eigenvalue weighted by atomic mass is 19.1. The fourth-order valence-electron chi connectivity index (χ4n) is 3.91. The second-order valence-electron chi connectivity index (χ2n) is 7.12. The van der Waals surface area contributed by atoms with Gasteiger partial charge < -0.3 is 0 Å². The summed E-state index contributed by atoms with van der Waals surface area (Å²) < 4.78 is 14.2. The SMILES string of the molecule is O=C(c1ccc(F)c2ccncc12)N(CC1CCCCC1)c1ccccn1. The molecule has 0 bridgehead atoms. The molecule has 0 unspecified atom stereocenters. The first-order valence-corrected chi connectivity index (χ1v) is 9.49. The summed E-state index contributed by atoms with van der Waals surface area (Å²) in [6.07, 6.45) is 10.7. The standard InChI is InChI=1S/C22H22FN3O/c23-20-10-9-18(19-14-24-13-11-17(19)20)22(27)26(21-8-4-5-12-25-21)15-16-6-2-1-3-7-16/h4-5,8-14,16H,1-3,6-7,15H2. The third-order valence-corrected chi connectivity index (χ3v) is 5.33. The number of pyridine rings is 2. The third kappa shape index (κ3) is 3.68. The van der Waals surface area contributed by atoms with Crippen LogP contribution in [0.15, 0.2) is 55.0 Å². The fourth-order valence-corrected chi connectivity index (χ4v) is 3.91. The van der Waals surface area contributed by atoms with Crippen LogP contribution in [0.5, 0.6) is 0 Å². The fraction of sp³-hybridized carbons (Fsp3) is 0.318. The van der Waals surface area contributed by atoms with Crippen LogP contribution in [0, 0.1) is 11.7 Å². The lowest BCUT2D eigenvalue weighted by atomic mass is 9.88. The van der Waals surface area contributed by atoms with Crippen LogP contribution in [0.25, 0.3) is 10.8 Å². The number of amides is 1. The van der Waals surface area contributed by atoms with E-state index in [0.717, 1.165) is 12.8 Å². The normalized spacial score (nSPS) is 15.0. The van der Waals surface area contributed by atoms with Gasteiger partial charge in [0, 0.05) is 41.5 Å². The average molecular weight is 363 g/mol. The lowest BCUT2D eigenvalue weighted by Gasteiger charge is -2.29. The van der Waals surface area contributed by atoms with Crippen molar-refractivity contribution >= 4 is 22.5 Å². The van der Waals surface area contributed by atoms with Gasteiger partial charge in [0.05, 0.1) is 0 Å². The monoisotopic (exact) mass is 363 g/mol. The molecule has 1 fully saturated rings. The van der Waals surface area contributed by atoms with Gasteiger partial charge in [0.15, 0.2) is 0 Å². The molecule has 3 aromatic rings. The summed E-state index contributed by atoms with van der Waals surface area (Å²) in [6.45, 7) is 0.634. The Morgan fingerprint density at radius 3 is 2.67 bits per heavy atom. The number of benzene rings is 1. The minimum atomic E-state index is -0.347. The van der Waals surface area contributed by atoms with Crippen LogP contribution < -0.4 is 4.90 Å². The molecular weight excluding hydrogens is 341 g/mol. The zero-order chi connectivity index (χ0) is 18.6. The number of carbonyl (C=O) groups is 1. The topological polar surface area (TPSA) is 46.1 Å². The lowest BCUT2D eigenvalue weighted by Crippen LogP contribution is -2.37. The summed E-state index contributed by atoms with van der Waals surface area (Å²) in [5.74, 6) is 0.599. The second kappa shape index (κ2) is 7.82. The number of aromatic nitrogens is 2. The highest BCUT2D eigenvalue weighted by Crippen LogP contribution is 2.28. The number of nitrogens with zero attached hydrogens (tertiary/aromatic N) is 3. The lowest BCUT2D eigenvalue weighted by molar-refractivity contribution is 0.0981. The van der Waals surface area contributed by atoms with Gasteiger partial charge in [-0.2, -0.15) is 0 Å². The Hall–Kier alpha value is -2.82. The first-order chi connectivity index (χ1) is 13.2. The molecule has 4 rings (SSSR count). The zero-order valence-electron chi connectivity index (χ0n) is 15.1. The van der Waals surface area contributed by atoms with Crippen LogP contribution in [-0.2, 0) is 0 Å². The Morgan fingerprint density at radius 1 is 1.04 bits per heavy atom. The van der Waals surface area contributed by atoms with Crippen molar-refractivity contribution in [3.05, 3.63) is 66.4 Å². The zero-order valence-corrected chi connectivity index (χ0v) is 15.1. The van der Waals surface area contributed by atoms with Crippen molar-refractivity contribution in [3.8, 4) is 0 Å². The smallest absolute Gasteiger partial charge is 0.260 e. The largest absolute Gasteiger partial charge is 0.292 e. The molecule has 1 amide bonds. The quantitative estimate of drug-likeness (QED) is 0.655. The van der Waals surface area contributed by atoms with Gasteiger partial charge in [0.25, 0.3) is 5.91 Å². The second-order valence-corrected chi connectivity index (χ2v) is 7.12. The number of anilines is 1. The molecular formula is C22H22FN3O. The van der Waals surface area contributed by atoms with Crippen LogP contribution in [-0.4, -0.2) is 22.4 Å². The Balaban J connectivity index is 1.73. The molecule has 0 aliphatic heterocycles. The van der Waals surface area contributed by atoms with Crippen molar-refractivity contribution in [2.24, 2.45) is 5.92 Å². The van der Waals surface area contributed by atoms with Gasteiger partial charge in [-0.25, -0.2) is 9.37 Å². The summed E-state index contributed by atoms with van der Waals surface area (Å²) in [5.41, 5.74) is 0.459. The molecule has 0 spiro atoms. The summed E-state index contributed by atoms with van der Waals surface area (Å²) in [7, 11) is 0. The summed E-state index contributed by atoms with van der Waals surface area (Å²) in [4.78, 5) is 23.7. The number of hydrogen-bond acceptors (Lipinski definition) is 3. The highest BCUT2D eigenvalue weighted by Gasteiger charge is 2.25. The van der Waals surface area contributed by atoms with E-state index in [9.17, 15) is 9.18 Å². The van der Waals surface area contributed by atoms with E-state index in [1.54, 1.807) is 29.4 Å². The van der Waals surface area contributed by atoms with E-state index in [-0.39, 0.29) is 11.7 Å². The number of hydrogen-bond donors (Lipinski definition) is 0. The van der Waals surface area contributed by atoms with Crippen molar-refractivity contribution in [3.63, 3.8) is 0 Å². The number of rotatable bonds is 4. The molecule has 0 saturated heterocycles. The predicted octanol–water partition coefficient (Wildman–Crippen LogP) is 5.00. The molecule has 0 atom stereocenters. The molecule has 4 nitrogen and oxygen atoms in total. The number of fused-ring (bicyclic) bond motifs is 1. The van der Waals surface area contributed by atoms with Crippen molar-refractivity contribution in [2.45, 2.75) is 32.1 Å². The molecule has 0 radical (unpaired) electrons. The molecule has 2 aromatic heterocycles. The van der Waals surface area contributed by atoms with Gasteiger partial charge in [-0.15, -0.1) is 0 Å². The molecule has 1 saturated carbocycles. The summed E-state index contributed by atoms with van der Waals surface area (Å²) in [6, 6.07) is 10.1. The van der Waals surface area contributed by atoms with Crippen LogP contribution in [0.4, 0.5) is 10.2 Å².